The average molecular weight is 361 g/mol. The van der Waals surface area contributed by atoms with Crippen LogP contribution in [-0.4, -0.2) is 39.6 Å². The van der Waals surface area contributed by atoms with Crippen LogP contribution in [0.2, 0.25) is 0 Å². The lowest BCUT2D eigenvalue weighted by Gasteiger charge is -2.22. The number of halogens is 1. The highest BCUT2D eigenvalue weighted by atomic mass is 35.5. The summed E-state index contributed by atoms with van der Waals surface area (Å²) in [4.78, 5) is 12.2. The summed E-state index contributed by atoms with van der Waals surface area (Å²) >= 11 is 5.81. The van der Waals surface area contributed by atoms with Gasteiger partial charge in [0.2, 0.25) is 15.9 Å². The molecule has 0 bridgehead atoms. The van der Waals surface area contributed by atoms with Crippen LogP contribution in [0.3, 0.4) is 0 Å². The number of anilines is 2. The van der Waals surface area contributed by atoms with Gasteiger partial charge in [-0.05, 0) is 32.4 Å². The molecule has 0 unspecified atom stereocenters. The monoisotopic (exact) mass is 360 g/mol. The maximum Gasteiger partial charge on any atom is 0.235 e. The number of nitrogens with zero attached hydrogens (tertiary/aromatic N) is 1. The largest absolute Gasteiger partial charge is 0.494 e. The Kier molecular flexibility index (Phi) is 5.10. The molecule has 128 valence electrons. The maximum absolute atomic E-state index is 12.2. The zero-order valence-electron chi connectivity index (χ0n) is 13.4. The van der Waals surface area contributed by atoms with Gasteiger partial charge in [0.05, 0.1) is 29.7 Å². The molecule has 1 saturated heterocycles. The van der Waals surface area contributed by atoms with Gasteiger partial charge in [0, 0.05) is 18.5 Å². The molecule has 1 amide bonds. The summed E-state index contributed by atoms with van der Waals surface area (Å²) in [6.45, 7) is 3.94. The summed E-state index contributed by atoms with van der Waals surface area (Å²) < 4.78 is 30.6. The number of amides is 1. The van der Waals surface area contributed by atoms with E-state index in [1.165, 1.54) is 11.4 Å². The first-order valence-corrected chi connectivity index (χ1v) is 9.41. The molecule has 0 aliphatic carbocycles. The summed E-state index contributed by atoms with van der Waals surface area (Å²) in [5, 5.41) is 2.77. The second-order valence-corrected chi connectivity index (χ2v) is 8.38. The molecule has 1 aromatic carbocycles. The van der Waals surface area contributed by atoms with Crippen molar-refractivity contribution in [3.8, 4) is 5.75 Å². The van der Waals surface area contributed by atoms with Gasteiger partial charge in [-0.25, -0.2) is 8.42 Å². The fourth-order valence-electron chi connectivity index (χ4n) is 2.22. The number of carbonyl (C=O) groups excluding carboxylic acids is 1. The second-order valence-electron chi connectivity index (χ2n) is 6.10. The van der Waals surface area contributed by atoms with Crippen molar-refractivity contribution in [2.24, 2.45) is 5.41 Å². The van der Waals surface area contributed by atoms with E-state index >= 15 is 0 Å². The number of nitrogens with one attached hydrogen (secondary N) is 1. The Bertz CT molecular complexity index is 703. The molecule has 8 heteroatoms. The number of methoxy groups -OCH3 is 1. The highest BCUT2D eigenvalue weighted by Gasteiger charge is 2.30. The van der Waals surface area contributed by atoms with Gasteiger partial charge in [0.15, 0.2) is 0 Å². The van der Waals surface area contributed by atoms with E-state index < -0.39 is 15.4 Å². The van der Waals surface area contributed by atoms with Crippen LogP contribution in [0.5, 0.6) is 5.75 Å². The Balaban J connectivity index is 2.29. The molecule has 23 heavy (non-hydrogen) atoms. The molecule has 6 nitrogen and oxygen atoms in total. The van der Waals surface area contributed by atoms with E-state index in [4.69, 9.17) is 16.3 Å². The van der Waals surface area contributed by atoms with Crippen LogP contribution in [0, 0.1) is 5.41 Å². The number of rotatable bonds is 5. The molecule has 0 saturated carbocycles. The fourth-order valence-corrected chi connectivity index (χ4v) is 3.90. The van der Waals surface area contributed by atoms with Crippen molar-refractivity contribution >= 4 is 38.9 Å². The van der Waals surface area contributed by atoms with E-state index in [9.17, 15) is 13.2 Å². The highest BCUT2D eigenvalue weighted by Crippen LogP contribution is 2.33. The Labute approximate surface area is 141 Å². The lowest BCUT2D eigenvalue weighted by atomic mass is 9.95. The van der Waals surface area contributed by atoms with Crippen LogP contribution in [0.15, 0.2) is 18.2 Å². The molecule has 0 radical (unpaired) electrons. The van der Waals surface area contributed by atoms with Gasteiger partial charge in [-0.2, -0.15) is 0 Å². The number of hydrogen-bond donors (Lipinski definition) is 1. The summed E-state index contributed by atoms with van der Waals surface area (Å²) in [7, 11) is -1.78. The van der Waals surface area contributed by atoms with Crippen molar-refractivity contribution in [3.63, 3.8) is 0 Å². The zero-order chi connectivity index (χ0) is 17.3. The first-order chi connectivity index (χ1) is 10.7. The molecule has 1 heterocycles. The van der Waals surface area contributed by atoms with Crippen molar-refractivity contribution < 1.29 is 17.9 Å². The van der Waals surface area contributed by atoms with E-state index in [-0.39, 0.29) is 17.5 Å². The lowest BCUT2D eigenvalue weighted by molar-refractivity contribution is -0.122. The Morgan fingerprint density at radius 2 is 2.13 bits per heavy atom. The van der Waals surface area contributed by atoms with Gasteiger partial charge in [0.1, 0.15) is 5.75 Å². The van der Waals surface area contributed by atoms with Crippen molar-refractivity contribution in [2.75, 3.05) is 34.9 Å². The summed E-state index contributed by atoms with van der Waals surface area (Å²) in [5.74, 6) is 0.513. The third-order valence-corrected chi connectivity index (χ3v) is 6.31. The predicted octanol–water partition coefficient (Wildman–Crippen LogP) is 2.44. The number of benzene rings is 1. The molecule has 1 aliphatic rings. The number of hydrogen-bond acceptors (Lipinski definition) is 4. The Morgan fingerprint density at radius 3 is 2.65 bits per heavy atom. The topological polar surface area (TPSA) is 75.7 Å². The van der Waals surface area contributed by atoms with Crippen molar-refractivity contribution in [2.45, 2.75) is 20.3 Å². The molecule has 0 atom stereocenters. The normalized spacial score (nSPS) is 17.1. The van der Waals surface area contributed by atoms with Gasteiger partial charge in [-0.15, -0.1) is 11.6 Å². The number of carbonyl (C=O) groups is 1. The van der Waals surface area contributed by atoms with Crippen molar-refractivity contribution in [1.29, 1.82) is 0 Å². The predicted molar refractivity (Wildman–Crippen MR) is 91.9 cm³/mol. The van der Waals surface area contributed by atoms with Crippen LogP contribution >= 0.6 is 11.6 Å². The number of ether oxygens (including phenoxy) is 1. The van der Waals surface area contributed by atoms with Crippen LogP contribution < -0.4 is 14.4 Å². The van der Waals surface area contributed by atoms with Crippen LogP contribution in [-0.2, 0) is 14.8 Å². The van der Waals surface area contributed by atoms with E-state index in [1.54, 1.807) is 32.0 Å². The van der Waals surface area contributed by atoms with Gasteiger partial charge in [-0.1, -0.05) is 0 Å². The molecular weight excluding hydrogens is 340 g/mol. The van der Waals surface area contributed by atoms with Crippen LogP contribution in [0.4, 0.5) is 11.4 Å². The highest BCUT2D eigenvalue weighted by molar-refractivity contribution is 7.93. The molecule has 1 N–H and O–H groups in total. The second kappa shape index (κ2) is 6.57. The van der Waals surface area contributed by atoms with Gasteiger partial charge in [0.25, 0.3) is 0 Å². The third kappa shape index (κ3) is 3.72. The molecule has 2 rings (SSSR count). The SMILES string of the molecule is COc1cc(N2CCCS2(=O)=O)ccc1NC(=O)C(C)(C)CCl. The maximum atomic E-state index is 12.2. The molecule has 1 aromatic rings. The third-order valence-electron chi connectivity index (χ3n) is 3.77. The minimum absolute atomic E-state index is 0.151. The summed E-state index contributed by atoms with van der Waals surface area (Å²) in [6.07, 6.45) is 0.604. The van der Waals surface area contributed by atoms with E-state index in [0.29, 0.717) is 30.1 Å². The quantitative estimate of drug-likeness (QED) is 0.818. The van der Waals surface area contributed by atoms with E-state index in [0.717, 1.165) is 0 Å². The Hall–Kier alpha value is -1.47. The fraction of sp³-hybridized carbons (Fsp3) is 0.533. The van der Waals surface area contributed by atoms with Gasteiger partial charge >= 0.3 is 0 Å². The van der Waals surface area contributed by atoms with Gasteiger partial charge < -0.3 is 10.1 Å². The van der Waals surface area contributed by atoms with E-state index in [1.807, 2.05) is 0 Å². The molecule has 0 aromatic heterocycles. The molecule has 0 spiro atoms. The van der Waals surface area contributed by atoms with Crippen LogP contribution in [0.1, 0.15) is 20.3 Å². The first kappa shape index (κ1) is 17.9. The molecular formula is C15H21ClN2O4S. The van der Waals surface area contributed by atoms with Crippen molar-refractivity contribution in [3.05, 3.63) is 18.2 Å². The van der Waals surface area contributed by atoms with Crippen LogP contribution in [0.25, 0.3) is 0 Å². The smallest absolute Gasteiger partial charge is 0.235 e. The average Bonchev–Trinajstić information content (AvgIpc) is 2.87. The number of alkyl halides is 1. The standard InChI is InChI=1S/C15H21ClN2O4S/c1-15(2,10-16)14(19)17-12-6-5-11(9-13(12)22-3)18-7-4-8-23(18,20)21/h5-6,9H,4,7-8,10H2,1-3H3,(H,17,19). The summed E-state index contributed by atoms with van der Waals surface area (Å²) in [6, 6.07) is 4.92. The van der Waals surface area contributed by atoms with E-state index in [2.05, 4.69) is 5.32 Å². The molecule has 1 fully saturated rings. The lowest BCUT2D eigenvalue weighted by Crippen LogP contribution is -2.32. The van der Waals surface area contributed by atoms with Crippen molar-refractivity contribution in [1.82, 2.24) is 0 Å². The Morgan fingerprint density at radius 1 is 1.43 bits per heavy atom. The zero-order valence-corrected chi connectivity index (χ0v) is 15.0. The summed E-state index contributed by atoms with van der Waals surface area (Å²) in [5.41, 5.74) is 0.300. The first-order valence-electron chi connectivity index (χ1n) is 7.27. The minimum Gasteiger partial charge on any atom is -0.494 e. The molecule has 1 aliphatic heterocycles. The number of sulfonamides is 1. The minimum atomic E-state index is -3.26. The van der Waals surface area contributed by atoms with Gasteiger partial charge in [-0.3, -0.25) is 9.10 Å².